The molecule has 6 nitrogen and oxygen atoms in total. The summed E-state index contributed by atoms with van der Waals surface area (Å²) in [5.74, 6) is -0.374. The summed E-state index contributed by atoms with van der Waals surface area (Å²) in [6, 6.07) is 27.1. The van der Waals surface area contributed by atoms with Gasteiger partial charge in [0.25, 0.3) is 0 Å². The monoisotopic (exact) mass is 526 g/mol. The number of carbonyl (C=O) groups excluding carboxylic acids is 1. The van der Waals surface area contributed by atoms with Gasteiger partial charge in [-0.15, -0.1) is 0 Å². The zero-order valence-electron chi connectivity index (χ0n) is 19.9. The van der Waals surface area contributed by atoms with Gasteiger partial charge in [0, 0.05) is 17.2 Å². The van der Waals surface area contributed by atoms with Crippen LogP contribution in [0.4, 0.5) is 4.39 Å². The normalized spacial score (nSPS) is 14.2. The first kappa shape index (κ1) is 24.9. The molecule has 188 valence electrons. The standard InChI is InChI=1S/C30H20ClFN2O4/c31-25-7-3-2-6-22(25)30(35)37-21-13-14-23-27(15-21)38-29(34)24(16-33)28(23)18-9-11-20(12-10-18)36-17-19-5-1-4-8-26(19)32/h1-15,28H,17,34H2. The van der Waals surface area contributed by atoms with Crippen LogP contribution in [-0.2, 0) is 6.61 Å². The Morgan fingerprint density at radius 1 is 1.00 bits per heavy atom. The van der Waals surface area contributed by atoms with Crippen molar-refractivity contribution in [3.8, 4) is 23.3 Å². The van der Waals surface area contributed by atoms with E-state index in [1.54, 1.807) is 72.8 Å². The van der Waals surface area contributed by atoms with Crippen LogP contribution in [0.3, 0.4) is 0 Å². The number of hydrogen-bond donors (Lipinski definition) is 1. The summed E-state index contributed by atoms with van der Waals surface area (Å²) in [5.41, 5.74) is 8.47. The summed E-state index contributed by atoms with van der Waals surface area (Å²) in [6.45, 7) is 0.0815. The zero-order chi connectivity index (χ0) is 26.6. The van der Waals surface area contributed by atoms with Crippen molar-refractivity contribution in [1.82, 2.24) is 0 Å². The van der Waals surface area contributed by atoms with Gasteiger partial charge in [-0.1, -0.05) is 60.1 Å². The van der Waals surface area contributed by atoms with Gasteiger partial charge in [-0.3, -0.25) is 0 Å². The number of allylic oxidation sites excluding steroid dienone is 1. The minimum atomic E-state index is -0.616. The van der Waals surface area contributed by atoms with Crippen LogP contribution in [0.2, 0.25) is 5.02 Å². The second-order valence-corrected chi connectivity index (χ2v) is 8.85. The lowest BCUT2D eigenvalue weighted by Gasteiger charge is -2.27. The summed E-state index contributed by atoms with van der Waals surface area (Å²) in [7, 11) is 0. The van der Waals surface area contributed by atoms with E-state index < -0.39 is 11.9 Å². The molecule has 1 aliphatic rings. The van der Waals surface area contributed by atoms with Gasteiger partial charge < -0.3 is 19.9 Å². The fourth-order valence-electron chi connectivity index (χ4n) is 4.16. The van der Waals surface area contributed by atoms with Crippen molar-refractivity contribution in [3.63, 3.8) is 0 Å². The number of fused-ring (bicyclic) bond motifs is 1. The van der Waals surface area contributed by atoms with E-state index in [9.17, 15) is 14.4 Å². The molecular formula is C30H20ClFN2O4. The van der Waals surface area contributed by atoms with E-state index >= 15 is 0 Å². The molecule has 0 bridgehead atoms. The Labute approximate surface area is 223 Å². The van der Waals surface area contributed by atoms with Gasteiger partial charge in [-0.05, 0) is 42.0 Å². The third-order valence-electron chi connectivity index (χ3n) is 6.06. The number of carbonyl (C=O) groups is 1. The second-order valence-electron chi connectivity index (χ2n) is 8.44. The van der Waals surface area contributed by atoms with Gasteiger partial charge in [0.1, 0.15) is 41.3 Å². The lowest BCUT2D eigenvalue weighted by atomic mass is 9.83. The number of nitrogens with two attached hydrogens (primary N) is 1. The minimum absolute atomic E-state index is 0.0422. The molecule has 0 spiro atoms. The molecule has 8 heteroatoms. The maximum absolute atomic E-state index is 13.9. The number of halogens is 2. The number of benzene rings is 4. The van der Waals surface area contributed by atoms with Crippen LogP contribution in [0, 0.1) is 17.1 Å². The highest BCUT2D eigenvalue weighted by Gasteiger charge is 2.31. The van der Waals surface area contributed by atoms with E-state index in [-0.39, 0.29) is 40.2 Å². The molecule has 1 heterocycles. The van der Waals surface area contributed by atoms with E-state index in [1.165, 1.54) is 6.07 Å². The highest BCUT2D eigenvalue weighted by Crippen LogP contribution is 2.43. The topological polar surface area (TPSA) is 94.6 Å². The number of nitriles is 1. The maximum Gasteiger partial charge on any atom is 0.345 e. The first-order chi connectivity index (χ1) is 18.4. The van der Waals surface area contributed by atoms with Crippen molar-refractivity contribution in [3.05, 3.63) is 136 Å². The molecule has 2 N–H and O–H groups in total. The van der Waals surface area contributed by atoms with Crippen LogP contribution < -0.4 is 19.9 Å². The van der Waals surface area contributed by atoms with Gasteiger partial charge in [0.2, 0.25) is 5.88 Å². The van der Waals surface area contributed by atoms with Crippen molar-refractivity contribution in [1.29, 1.82) is 5.26 Å². The van der Waals surface area contributed by atoms with Crippen molar-refractivity contribution >= 4 is 17.6 Å². The molecular weight excluding hydrogens is 507 g/mol. The summed E-state index contributed by atoms with van der Waals surface area (Å²) >= 11 is 6.10. The smallest absolute Gasteiger partial charge is 0.345 e. The van der Waals surface area contributed by atoms with E-state index in [4.69, 9.17) is 31.5 Å². The molecule has 4 aromatic rings. The Hall–Kier alpha value is -4.80. The van der Waals surface area contributed by atoms with Crippen molar-refractivity contribution < 1.29 is 23.4 Å². The molecule has 1 aliphatic heterocycles. The predicted molar refractivity (Wildman–Crippen MR) is 139 cm³/mol. The van der Waals surface area contributed by atoms with E-state index in [1.807, 2.05) is 12.1 Å². The first-order valence-electron chi connectivity index (χ1n) is 11.6. The van der Waals surface area contributed by atoms with Crippen molar-refractivity contribution in [2.24, 2.45) is 5.73 Å². The van der Waals surface area contributed by atoms with E-state index in [0.29, 0.717) is 22.6 Å². The zero-order valence-corrected chi connectivity index (χ0v) is 20.6. The van der Waals surface area contributed by atoms with E-state index in [0.717, 1.165) is 5.56 Å². The lowest BCUT2D eigenvalue weighted by molar-refractivity contribution is 0.0734. The SMILES string of the molecule is N#CC1=C(N)Oc2cc(OC(=O)c3ccccc3Cl)ccc2C1c1ccc(OCc2ccccc2F)cc1. The Morgan fingerprint density at radius 3 is 2.45 bits per heavy atom. The van der Waals surface area contributed by atoms with Crippen LogP contribution in [0.1, 0.15) is 33.0 Å². The predicted octanol–water partition coefficient (Wildman–Crippen LogP) is 6.50. The van der Waals surface area contributed by atoms with Crippen LogP contribution in [0.15, 0.2) is 102 Å². The molecule has 5 rings (SSSR count). The molecule has 38 heavy (non-hydrogen) atoms. The average Bonchev–Trinajstić information content (AvgIpc) is 2.92. The maximum atomic E-state index is 13.9. The highest BCUT2D eigenvalue weighted by molar-refractivity contribution is 6.33. The van der Waals surface area contributed by atoms with Crippen molar-refractivity contribution in [2.75, 3.05) is 0 Å². The fraction of sp³-hybridized carbons (Fsp3) is 0.0667. The van der Waals surface area contributed by atoms with Crippen molar-refractivity contribution in [2.45, 2.75) is 12.5 Å². The number of nitrogens with zero attached hydrogens (tertiary/aromatic N) is 1. The number of rotatable bonds is 6. The average molecular weight is 527 g/mol. The Morgan fingerprint density at radius 2 is 1.71 bits per heavy atom. The Kier molecular flexibility index (Phi) is 6.98. The molecule has 0 aliphatic carbocycles. The molecule has 1 atom stereocenters. The molecule has 0 amide bonds. The number of hydrogen-bond acceptors (Lipinski definition) is 6. The van der Waals surface area contributed by atoms with Crippen LogP contribution in [0.25, 0.3) is 0 Å². The van der Waals surface area contributed by atoms with Gasteiger partial charge in [-0.2, -0.15) is 5.26 Å². The highest BCUT2D eigenvalue weighted by atomic mass is 35.5. The quantitative estimate of drug-likeness (QED) is 0.228. The molecule has 1 unspecified atom stereocenters. The number of esters is 1. The van der Waals surface area contributed by atoms with Gasteiger partial charge in [0.05, 0.1) is 16.5 Å². The Bertz CT molecular complexity index is 1590. The molecule has 0 saturated heterocycles. The third-order valence-corrected chi connectivity index (χ3v) is 6.39. The minimum Gasteiger partial charge on any atom is -0.489 e. The lowest BCUT2D eigenvalue weighted by Crippen LogP contribution is -2.21. The summed E-state index contributed by atoms with van der Waals surface area (Å²) in [5, 5.41) is 10.1. The summed E-state index contributed by atoms with van der Waals surface area (Å²) < 4.78 is 30.8. The fourth-order valence-corrected chi connectivity index (χ4v) is 4.38. The van der Waals surface area contributed by atoms with Gasteiger partial charge >= 0.3 is 5.97 Å². The largest absolute Gasteiger partial charge is 0.489 e. The summed E-state index contributed by atoms with van der Waals surface area (Å²) in [6.07, 6.45) is 0. The van der Waals surface area contributed by atoms with Crippen LogP contribution in [-0.4, -0.2) is 5.97 Å². The molecule has 0 fully saturated rings. The molecule has 0 aromatic heterocycles. The third kappa shape index (κ3) is 5.03. The first-order valence-corrected chi connectivity index (χ1v) is 12.0. The van der Waals surface area contributed by atoms with E-state index in [2.05, 4.69) is 6.07 Å². The molecule has 0 radical (unpaired) electrons. The Balaban J connectivity index is 1.39. The number of ether oxygens (including phenoxy) is 3. The second kappa shape index (κ2) is 10.7. The van der Waals surface area contributed by atoms with Crippen LogP contribution >= 0.6 is 11.6 Å². The van der Waals surface area contributed by atoms with Gasteiger partial charge in [0.15, 0.2) is 0 Å². The van der Waals surface area contributed by atoms with Crippen LogP contribution in [0.5, 0.6) is 17.2 Å². The molecule has 4 aromatic carbocycles. The summed E-state index contributed by atoms with van der Waals surface area (Å²) in [4.78, 5) is 12.6. The van der Waals surface area contributed by atoms with Gasteiger partial charge in [-0.25, -0.2) is 9.18 Å². The molecule has 0 saturated carbocycles.